The molecule has 1 aromatic heterocycles. The summed E-state index contributed by atoms with van der Waals surface area (Å²) in [4.78, 5) is 26.9. The summed E-state index contributed by atoms with van der Waals surface area (Å²) in [5.41, 5.74) is -0.720. The Kier molecular flexibility index (Phi) is 4.60. The molecule has 2 N–H and O–H groups in total. The second-order valence-corrected chi connectivity index (χ2v) is 5.72. The first-order valence-electron chi connectivity index (χ1n) is 6.43. The molecule has 0 saturated heterocycles. The number of carbonyl (C=O) groups is 2. The van der Waals surface area contributed by atoms with Crippen molar-refractivity contribution in [3.8, 4) is 0 Å². The summed E-state index contributed by atoms with van der Waals surface area (Å²) in [6.07, 6.45) is 3.96. The fourth-order valence-corrected chi connectivity index (χ4v) is 2.85. The quantitative estimate of drug-likeness (QED) is 0.842. The van der Waals surface area contributed by atoms with Crippen molar-refractivity contribution in [1.82, 2.24) is 10.3 Å². The molecule has 1 heterocycles. The maximum absolute atomic E-state index is 12.2. The van der Waals surface area contributed by atoms with Gasteiger partial charge in [0.25, 0.3) is 5.91 Å². The van der Waals surface area contributed by atoms with Crippen molar-refractivity contribution in [2.24, 2.45) is 0 Å². The lowest BCUT2D eigenvalue weighted by atomic mass is 9.81. The second kappa shape index (κ2) is 6.06. The molecule has 1 fully saturated rings. The maximum Gasteiger partial charge on any atom is 0.331 e. The van der Waals surface area contributed by atoms with E-state index < -0.39 is 17.4 Å². The van der Waals surface area contributed by atoms with Crippen molar-refractivity contribution >= 4 is 35.1 Å². The highest BCUT2D eigenvalue weighted by Crippen LogP contribution is 2.30. The Morgan fingerprint density at radius 3 is 2.45 bits per heavy atom. The topological polar surface area (TPSA) is 71.2 Å². The van der Waals surface area contributed by atoms with Gasteiger partial charge in [-0.1, -0.05) is 42.5 Å². The number of nitrogens with one attached hydrogen (secondary N) is 2. The molecule has 20 heavy (non-hydrogen) atoms. The fraction of sp³-hybridized carbons (Fsp3) is 0.538. The van der Waals surface area contributed by atoms with E-state index in [1.54, 1.807) is 0 Å². The van der Waals surface area contributed by atoms with E-state index in [4.69, 9.17) is 27.9 Å². The zero-order chi connectivity index (χ0) is 14.8. The molecule has 5 nitrogen and oxygen atoms in total. The molecule has 2 rings (SSSR count). The predicted molar refractivity (Wildman–Crippen MR) is 76.1 cm³/mol. The lowest BCUT2D eigenvalue weighted by molar-refractivity contribution is -0.149. The van der Waals surface area contributed by atoms with Crippen LogP contribution in [0.25, 0.3) is 0 Å². The van der Waals surface area contributed by atoms with Crippen LogP contribution in [-0.2, 0) is 9.53 Å². The van der Waals surface area contributed by atoms with Gasteiger partial charge in [-0.15, -0.1) is 0 Å². The van der Waals surface area contributed by atoms with E-state index >= 15 is 0 Å². The van der Waals surface area contributed by atoms with Crippen molar-refractivity contribution in [1.29, 1.82) is 0 Å². The van der Waals surface area contributed by atoms with Crippen LogP contribution in [0.1, 0.15) is 42.6 Å². The van der Waals surface area contributed by atoms with Gasteiger partial charge in [-0.3, -0.25) is 4.79 Å². The minimum absolute atomic E-state index is 0.201. The standard InChI is InChI=1S/C13H16Cl2N2O3/c1-20-12(19)13(5-3-2-4-6-13)17-11(18)9-7-8(14)10(15)16-9/h7,16H,2-6H2,1H3,(H,17,18). The Bertz CT molecular complexity index is 502. The summed E-state index contributed by atoms with van der Waals surface area (Å²) in [6.45, 7) is 0. The summed E-state index contributed by atoms with van der Waals surface area (Å²) in [6, 6.07) is 1.44. The third kappa shape index (κ3) is 2.94. The van der Waals surface area contributed by atoms with Gasteiger partial charge in [0.15, 0.2) is 0 Å². The van der Waals surface area contributed by atoms with Gasteiger partial charge in [-0.2, -0.15) is 0 Å². The van der Waals surface area contributed by atoms with Crippen LogP contribution in [0.4, 0.5) is 0 Å². The summed E-state index contributed by atoms with van der Waals surface area (Å²) in [5, 5.41) is 3.25. The van der Waals surface area contributed by atoms with Crippen LogP contribution >= 0.6 is 23.2 Å². The van der Waals surface area contributed by atoms with Crippen LogP contribution in [-0.4, -0.2) is 29.5 Å². The summed E-state index contributed by atoms with van der Waals surface area (Å²) in [5.74, 6) is -0.819. The lowest BCUT2D eigenvalue weighted by Crippen LogP contribution is -2.56. The Balaban J connectivity index is 2.19. The number of carbonyl (C=O) groups excluding carboxylic acids is 2. The molecule has 1 saturated carbocycles. The van der Waals surface area contributed by atoms with Crippen molar-refractivity contribution in [2.75, 3.05) is 7.11 Å². The van der Waals surface area contributed by atoms with Gasteiger partial charge in [0.2, 0.25) is 0 Å². The Morgan fingerprint density at radius 1 is 1.30 bits per heavy atom. The van der Waals surface area contributed by atoms with Crippen LogP contribution in [0, 0.1) is 0 Å². The number of esters is 1. The number of rotatable bonds is 3. The van der Waals surface area contributed by atoms with E-state index in [1.807, 2.05) is 0 Å². The van der Waals surface area contributed by atoms with Crippen molar-refractivity contribution in [3.05, 3.63) is 21.9 Å². The number of methoxy groups -OCH3 is 1. The van der Waals surface area contributed by atoms with Crippen LogP contribution < -0.4 is 5.32 Å². The normalized spacial score (nSPS) is 17.6. The third-order valence-electron chi connectivity index (χ3n) is 3.61. The highest BCUT2D eigenvalue weighted by Gasteiger charge is 2.42. The van der Waals surface area contributed by atoms with E-state index in [1.165, 1.54) is 13.2 Å². The molecule has 0 atom stereocenters. The predicted octanol–water partition coefficient (Wildman–Crippen LogP) is 2.93. The van der Waals surface area contributed by atoms with Gasteiger partial charge in [0, 0.05) is 0 Å². The van der Waals surface area contributed by atoms with E-state index in [0.717, 1.165) is 19.3 Å². The molecule has 0 radical (unpaired) electrons. The Hall–Kier alpha value is -1.20. The number of aromatic nitrogens is 1. The van der Waals surface area contributed by atoms with Gasteiger partial charge >= 0.3 is 5.97 Å². The SMILES string of the molecule is COC(=O)C1(NC(=O)c2cc(Cl)c(Cl)[nH]2)CCCCC1. The average molecular weight is 319 g/mol. The van der Waals surface area contributed by atoms with E-state index in [9.17, 15) is 9.59 Å². The van der Waals surface area contributed by atoms with Crippen LogP contribution in [0.2, 0.25) is 10.2 Å². The van der Waals surface area contributed by atoms with Crippen molar-refractivity contribution < 1.29 is 14.3 Å². The number of H-pyrrole nitrogens is 1. The summed E-state index contributed by atoms with van der Waals surface area (Å²) >= 11 is 11.6. The van der Waals surface area contributed by atoms with Gasteiger partial charge in [-0.25, -0.2) is 4.79 Å². The van der Waals surface area contributed by atoms with Gasteiger partial charge in [0.1, 0.15) is 16.4 Å². The summed E-state index contributed by atoms with van der Waals surface area (Å²) < 4.78 is 4.84. The van der Waals surface area contributed by atoms with Gasteiger partial charge in [-0.05, 0) is 18.9 Å². The third-order valence-corrected chi connectivity index (χ3v) is 4.30. The van der Waals surface area contributed by atoms with Crippen molar-refractivity contribution in [2.45, 2.75) is 37.6 Å². The lowest BCUT2D eigenvalue weighted by Gasteiger charge is -2.35. The minimum atomic E-state index is -0.950. The maximum atomic E-state index is 12.2. The molecule has 1 aliphatic carbocycles. The monoisotopic (exact) mass is 318 g/mol. The molecule has 7 heteroatoms. The first-order valence-corrected chi connectivity index (χ1v) is 7.19. The molecule has 0 spiro atoms. The first-order chi connectivity index (χ1) is 9.48. The van der Waals surface area contributed by atoms with Gasteiger partial charge < -0.3 is 15.0 Å². The molecule has 1 amide bonds. The van der Waals surface area contributed by atoms with E-state index in [2.05, 4.69) is 10.3 Å². The van der Waals surface area contributed by atoms with E-state index in [-0.39, 0.29) is 15.9 Å². The Labute approximate surface area is 127 Å². The zero-order valence-electron chi connectivity index (χ0n) is 11.1. The largest absolute Gasteiger partial charge is 0.467 e. The molecular formula is C13H16Cl2N2O3. The van der Waals surface area contributed by atoms with Crippen LogP contribution in [0.15, 0.2) is 6.07 Å². The zero-order valence-corrected chi connectivity index (χ0v) is 12.6. The molecule has 1 aromatic rings. The first kappa shape index (κ1) is 15.2. The number of hydrogen-bond acceptors (Lipinski definition) is 3. The Morgan fingerprint density at radius 2 is 1.95 bits per heavy atom. The van der Waals surface area contributed by atoms with E-state index in [0.29, 0.717) is 12.8 Å². The molecule has 0 aromatic carbocycles. The number of ether oxygens (including phenoxy) is 1. The molecule has 110 valence electrons. The molecule has 0 aliphatic heterocycles. The number of halogens is 2. The van der Waals surface area contributed by atoms with Crippen LogP contribution in [0.3, 0.4) is 0 Å². The minimum Gasteiger partial charge on any atom is -0.467 e. The highest BCUT2D eigenvalue weighted by molar-refractivity contribution is 6.41. The number of hydrogen-bond donors (Lipinski definition) is 2. The molecule has 1 aliphatic rings. The van der Waals surface area contributed by atoms with Crippen molar-refractivity contribution in [3.63, 3.8) is 0 Å². The fourth-order valence-electron chi connectivity index (χ4n) is 2.54. The second-order valence-electron chi connectivity index (χ2n) is 4.93. The molecular weight excluding hydrogens is 303 g/mol. The van der Waals surface area contributed by atoms with Crippen LogP contribution in [0.5, 0.6) is 0 Å². The summed E-state index contributed by atoms with van der Waals surface area (Å²) in [7, 11) is 1.33. The highest BCUT2D eigenvalue weighted by atomic mass is 35.5. The number of aromatic amines is 1. The average Bonchev–Trinajstić information content (AvgIpc) is 2.79. The molecule has 0 unspecified atom stereocenters. The molecule has 0 bridgehead atoms. The number of amides is 1. The van der Waals surface area contributed by atoms with Gasteiger partial charge in [0.05, 0.1) is 12.1 Å². The smallest absolute Gasteiger partial charge is 0.331 e.